The summed E-state index contributed by atoms with van der Waals surface area (Å²) in [7, 11) is 0. The molecule has 0 bridgehead atoms. The molecule has 0 spiro atoms. The lowest BCUT2D eigenvalue weighted by molar-refractivity contribution is -0.384. The van der Waals surface area contributed by atoms with E-state index in [-0.39, 0.29) is 10.2 Å². The summed E-state index contributed by atoms with van der Waals surface area (Å²) in [6, 6.07) is 4.97. The topological polar surface area (TPSA) is 94.4 Å². The van der Waals surface area contributed by atoms with Crippen LogP contribution in [0.5, 0.6) is 5.75 Å². The van der Waals surface area contributed by atoms with Crippen molar-refractivity contribution in [2.75, 3.05) is 5.32 Å². The highest BCUT2D eigenvalue weighted by Gasteiger charge is 2.59. The van der Waals surface area contributed by atoms with Crippen molar-refractivity contribution in [1.29, 1.82) is 0 Å². The second-order valence-electron chi connectivity index (χ2n) is 5.32. The monoisotopic (exact) mass is 487 g/mol. The molecule has 0 atom stereocenters. The first kappa shape index (κ1) is 22.4. The standard InChI is InChI=1S/C15H8BrF6N3O4/c16-11-10(24-12(26)7-2-1-3-8(6-7)25(27)28)9(4-5-23-11)29-13(14(17,18)19)15(20,21)22/h1-6,13H,(H,24,26). The number of nitro benzene ring substituents is 1. The van der Waals surface area contributed by atoms with Gasteiger partial charge in [0.25, 0.3) is 17.7 Å². The van der Waals surface area contributed by atoms with Crippen molar-refractivity contribution in [2.45, 2.75) is 18.5 Å². The van der Waals surface area contributed by atoms with E-state index in [2.05, 4.69) is 25.7 Å². The molecule has 0 saturated heterocycles. The first-order valence-corrected chi connectivity index (χ1v) is 8.10. The molecule has 1 aromatic heterocycles. The van der Waals surface area contributed by atoms with Crippen molar-refractivity contribution in [2.24, 2.45) is 0 Å². The molecule has 1 N–H and O–H groups in total. The molecule has 156 valence electrons. The van der Waals surface area contributed by atoms with E-state index in [1.54, 1.807) is 0 Å². The molecular weight excluding hydrogens is 480 g/mol. The largest absolute Gasteiger partial charge is 0.469 e. The number of nitrogens with one attached hydrogen (secondary N) is 1. The number of ether oxygens (including phenoxy) is 1. The molecule has 2 rings (SSSR count). The molecule has 0 aliphatic rings. The Hall–Kier alpha value is -2.90. The quantitative estimate of drug-likeness (QED) is 0.281. The van der Waals surface area contributed by atoms with Crippen LogP contribution < -0.4 is 10.1 Å². The molecule has 29 heavy (non-hydrogen) atoms. The molecule has 0 aliphatic carbocycles. The van der Waals surface area contributed by atoms with Gasteiger partial charge in [-0.3, -0.25) is 14.9 Å². The Labute approximate surface area is 166 Å². The van der Waals surface area contributed by atoms with Gasteiger partial charge in [0, 0.05) is 30.0 Å². The highest BCUT2D eigenvalue weighted by Crippen LogP contribution is 2.40. The number of nitro groups is 1. The van der Waals surface area contributed by atoms with Crippen LogP contribution in [-0.4, -0.2) is 34.3 Å². The maximum Gasteiger partial charge on any atom is 0.434 e. The van der Waals surface area contributed by atoms with Crippen LogP contribution in [0.15, 0.2) is 41.1 Å². The Morgan fingerprint density at radius 1 is 1.17 bits per heavy atom. The Kier molecular flexibility index (Phi) is 6.35. The molecule has 14 heteroatoms. The Morgan fingerprint density at radius 3 is 2.34 bits per heavy atom. The number of pyridine rings is 1. The van der Waals surface area contributed by atoms with Crippen LogP contribution in [0.4, 0.5) is 37.7 Å². The zero-order chi connectivity index (χ0) is 22.0. The van der Waals surface area contributed by atoms with E-state index in [1.807, 2.05) is 5.32 Å². The minimum atomic E-state index is -5.78. The highest BCUT2D eigenvalue weighted by atomic mass is 79.9. The number of amides is 1. The molecule has 0 aliphatic heterocycles. The molecule has 0 unspecified atom stereocenters. The average Bonchev–Trinajstić information content (AvgIpc) is 2.60. The van der Waals surface area contributed by atoms with Gasteiger partial charge in [-0.05, 0) is 22.0 Å². The van der Waals surface area contributed by atoms with E-state index < -0.39 is 46.4 Å². The minimum Gasteiger partial charge on any atom is -0.469 e. The number of halogens is 7. The van der Waals surface area contributed by atoms with Gasteiger partial charge in [-0.15, -0.1) is 0 Å². The number of carbonyl (C=O) groups excluding carboxylic acids is 1. The lowest BCUT2D eigenvalue weighted by Crippen LogP contribution is -2.46. The average molecular weight is 488 g/mol. The third kappa shape index (κ3) is 5.56. The molecule has 0 saturated carbocycles. The number of anilines is 1. The second-order valence-corrected chi connectivity index (χ2v) is 6.07. The first-order chi connectivity index (χ1) is 13.3. The van der Waals surface area contributed by atoms with Gasteiger partial charge in [0.15, 0.2) is 0 Å². The molecule has 0 fully saturated rings. The number of hydrogen-bond donors (Lipinski definition) is 1. The number of carbonyl (C=O) groups is 1. The second kappa shape index (κ2) is 8.23. The van der Waals surface area contributed by atoms with E-state index >= 15 is 0 Å². The van der Waals surface area contributed by atoms with Crippen molar-refractivity contribution in [1.82, 2.24) is 4.98 Å². The van der Waals surface area contributed by atoms with Gasteiger partial charge < -0.3 is 10.1 Å². The van der Waals surface area contributed by atoms with Crippen LogP contribution in [0.1, 0.15) is 10.4 Å². The first-order valence-electron chi connectivity index (χ1n) is 7.31. The van der Waals surface area contributed by atoms with Crippen LogP contribution in [0.3, 0.4) is 0 Å². The summed E-state index contributed by atoms with van der Waals surface area (Å²) >= 11 is 2.80. The highest BCUT2D eigenvalue weighted by molar-refractivity contribution is 9.10. The maximum absolute atomic E-state index is 12.8. The Morgan fingerprint density at radius 2 is 1.79 bits per heavy atom. The molecule has 1 aromatic carbocycles. The van der Waals surface area contributed by atoms with Crippen molar-refractivity contribution < 1.29 is 40.8 Å². The summed E-state index contributed by atoms with van der Waals surface area (Å²) < 4.78 is 80.3. The van der Waals surface area contributed by atoms with E-state index in [0.717, 1.165) is 24.4 Å². The smallest absolute Gasteiger partial charge is 0.434 e. The number of alkyl halides is 6. The number of non-ortho nitro benzene ring substituents is 1. The summed E-state index contributed by atoms with van der Waals surface area (Å²) in [5.41, 5.74) is -1.35. The van der Waals surface area contributed by atoms with Crippen LogP contribution in [-0.2, 0) is 0 Å². The van der Waals surface area contributed by atoms with Gasteiger partial charge in [0.1, 0.15) is 16.0 Å². The van der Waals surface area contributed by atoms with Gasteiger partial charge >= 0.3 is 12.4 Å². The van der Waals surface area contributed by atoms with Crippen LogP contribution in [0.2, 0.25) is 0 Å². The SMILES string of the molecule is O=C(Nc1c(OC(C(F)(F)F)C(F)(F)F)ccnc1Br)c1cccc([N+](=O)[O-])c1. The fraction of sp³-hybridized carbons (Fsp3) is 0.200. The lowest BCUT2D eigenvalue weighted by atomic mass is 10.2. The van der Waals surface area contributed by atoms with Gasteiger partial charge in [-0.2, -0.15) is 26.3 Å². The third-order valence-corrected chi connectivity index (χ3v) is 3.86. The summed E-state index contributed by atoms with van der Waals surface area (Å²) in [5.74, 6) is -2.02. The predicted octanol–water partition coefficient (Wildman–Crippen LogP) is 4.88. The van der Waals surface area contributed by atoms with Crippen molar-refractivity contribution in [3.63, 3.8) is 0 Å². The molecule has 0 radical (unpaired) electrons. The maximum atomic E-state index is 12.8. The minimum absolute atomic E-state index is 0.274. The summed E-state index contributed by atoms with van der Waals surface area (Å²) in [6.07, 6.45) is -14.9. The summed E-state index contributed by atoms with van der Waals surface area (Å²) in [4.78, 5) is 25.9. The van der Waals surface area contributed by atoms with E-state index in [4.69, 9.17) is 0 Å². The van der Waals surface area contributed by atoms with Crippen molar-refractivity contribution in [3.05, 3.63) is 56.8 Å². The van der Waals surface area contributed by atoms with E-state index in [9.17, 15) is 41.3 Å². The fourth-order valence-corrected chi connectivity index (χ4v) is 2.44. The van der Waals surface area contributed by atoms with Crippen LogP contribution in [0.25, 0.3) is 0 Å². The number of benzene rings is 1. The van der Waals surface area contributed by atoms with Crippen molar-refractivity contribution in [3.8, 4) is 5.75 Å². The Balaban J connectivity index is 2.38. The van der Waals surface area contributed by atoms with Crippen LogP contribution >= 0.6 is 15.9 Å². The van der Waals surface area contributed by atoms with E-state index in [0.29, 0.717) is 6.07 Å². The molecule has 7 nitrogen and oxygen atoms in total. The summed E-state index contributed by atoms with van der Waals surface area (Å²) in [5, 5.41) is 12.8. The third-order valence-electron chi connectivity index (χ3n) is 3.26. The fourth-order valence-electron chi connectivity index (χ4n) is 2.02. The van der Waals surface area contributed by atoms with Gasteiger partial charge in [-0.25, -0.2) is 4.98 Å². The van der Waals surface area contributed by atoms with Gasteiger partial charge in [0.05, 0.1) is 4.92 Å². The normalized spacial score (nSPS) is 12.0. The van der Waals surface area contributed by atoms with E-state index in [1.165, 1.54) is 6.07 Å². The zero-order valence-corrected chi connectivity index (χ0v) is 15.3. The van der Waals surface area contributed by atoms with Gasteiger partial charge in [-0.1, -0.05) is 6.07 Å². The zero-order valence-electron chi connectivity index (χ0n) is 13.7. The molecule has 1 heterocycles. The molecule has 1 amide bonds. The number of nitrogens with zero attached hydrogens (tertiary/aromatic N) is 2. The number of aromatic nitrogens is 1. The van der Waals surface area contributed by atoms with Crippen molar-refractivity contribution >= 4 is 33.2 Å². The van der Waals surface area contributed by atoms with Gasteiger partial charge in [0.2, 0.25) is 0 Å². The predicted molar refractivity (Wildman–Crippen MR) is 89.5 cm³/mol. The lowest BCUT2D eigenvalue weighted by Gasteiger charge is -2.25. The number of rotatable bonds is 5. The molecule has 2 aromatic rings. The Bertz CT molecular complexity index is 921. The number of hydrogen-bond acceptors (Lipinski definition) is 5. The molecular formula is C15H8BrF6N3O4. The summed E-state index contributed by atoms with van der Waals surface area (Å²) in [6.45, 7) is 0. The van der Waals surface area contributed by atoms with Crippen LogP contribution in [0, 0.1) is 10.1 Å².